The number of carboxylic acids is 2. The van der Waals surface area contributed by atoms with E-state index in [0.717, 1.165) is 0 Å². The number of carboxylic acid groups (broad SMARTS) is 2. The maximum atomic E-state index is 10.3. The van der Waals surface area contributed by atoms with E-state index >= 15 is 0 Å². The summed E-state index contributed by atoms with van der Waals surface area (Å²) in [5.41, 5.74) is 0. The molecule has 11 heavy (non-hydrogen) atoms. The molecule has 0 bridgehead atoms. The van der Waals surface area contributed by atoms with Gasteiger partial charge < -0.3 is 20.3 Å². The smallest absolute Gasteiger partial charge is 0.312 e. The summed E-state index contributed by atoms with van der Waals surface area (Å²) in [4.78, 5) is 20.6. The number of quaternary nitrogens is 1. The highest BCUT2D eigenvalue weighted by molar-refractivity contribution is 5.74. The van der Waals surface area contributed by atoms with E-state index in [2.05, 4.69) is 0 Å². The Morgan fingerprint density at radius 2 is 2.18 bits per heavy atom. The largest absolute Gasteiger partial charge is 0.544 e. The van der Waals surface area contributed by atoms with E-state index in [4.69, 9.17) is 5.11 Å². The van der Waals surface area contributed by atoms with Gasteiger partial charge in [0.05, 0.1) is 12.5 Å². The van der Waals surface area contributed by atoms with Crippen LogP contribution in [0.5, 0.6) is 0 Å². The van der Waals surface area contributed by atoms with E-state index in [0.29, 0.717) is 6.54 Å². The minimum atomic E-state index is -1.17. The van der Waals surface area contributed by atoms with Crippen LogP contribution < -0.4 is 10.4 Å². The summed E-state index contributed by atoms with van der Waals surface area (Å²) in [6.45, 7) is 0.341. The maximum Gasteiger partial charge on any atom is 0.312 e. The summed E-state index contributed by atoms with van der Waals surface area (Å²) in [5, 5.41) is 20.2. The highest BCUT2D eigenvalue weighted by atomic mass is 16.4. The van der Waals surface area contributed by atoms with E-state index in [1.807, 2.05) is 0 Å². The minimum Gasteiger partial charge on any atom is -0.544 e. The molecule has 1 fully saturated rings. The highest BCUT2D eigenvalue weighted by Gasteiger charge is 2.33. The third-order valence-corrected chi connectivity index (χ3v) is 1.90. The Bertz CT molecular complexity index is 171. The van der Waals surface area contributed by atoms with Crippen molar-refractivity contribution in [1.82, 2.24) is 0 Å². The van der Waals surface area contributed by atoms with Gasteiger partial charge >= 0.3 is 5.97 Å². The van der Waals surface area contributed by atoms with Crippen molar-refractivity contribution in [1.29, 1.82) is 0 Å². The van der Waals surface area contributed by atoms with Crippen molar-refractivity contribution in [2.75, 3.05) is 6.54 Å². The normalized spacial score (nSPS) is 30.2. The molecule has 2 atom stereocenters. The number of carbonyl (C=O) groups excluding carboxylic acids is 1. The Labute approximate surface area is 63.0 Å². The molecule has 1 aliphatic heterocycles. The molecule has 1 aliphatic rings. The first-order valence-electron chi connectivity index (χ1n) is 3.38. The predicted molar refractivity (Wildman–Crippen MR) is 31.3 cm³/mol. The van der Waals surface area contributed by atoms with Gasteiger partial charge in [-0.15, -0.1) is 0 Å². The molecule has 1 heterocycles. The molecular formula is C6H9NO4. The van der Waals surface area contributed by atoms with Crippen LogP contribution in [-0.2, 0) is 9.59 Å². The average molecular weight is 159 g/mol. The predicted octanol–water partition coefficient (Wildman–Crippen LogP) is -3.23. The third-order valence-electron chi connectivity index (χ3n) is 1.90. The van der Waals surface area contributed by atoms with Crippen LogP contribution in [0.4, 0.5) is 0 Å². The van der Waals surface area contributed by atoms with E-state index in [9.17, 15) is 14.7 Å². The molecule has 0 unspecified atom stereocenters. The molecule has 5 nitrogen and oxygen atoms in total. The second kappa shape index (κ2) is 2.87. The van der Waals surface area contributed by atoms with Crippen LogP contribution >= 0.6 is 0 Å². The van der Waals surface area contributed by atoms with E-state index in [-0.39, 0.29) is 6.42 Å². The first kappa shape index (κ1) is 8.00. The van der Waals surface area contributed by atoms with E-state index < -0.39 is 23.9 Å². The van der Waals surface area contributed by atoms with Crippen molar-refractivity contribution in [2.45, 2.75) is 12.5 Å². The number of hydrogen-bond acceptors (Lipinski definition) is 3. The Hall–Kier alpha value is -1.10. The lowest BCUT2D eigenvalue weighted by atomic mass is 10.1. The number of hydrogen-bond donors (Lipinski definition) is 2. The molecule has 0 aromatic rings. The van der Waals surface area contributed by atoms with Gasteiger partial charge in [-0.3, -0.25) is 4.79 Å². The monoisotopic (exact) mass is 159 g/mol. The van der Waals surface area contributed by atoms with Crippen molar-refractivity contribution in [2.24, 2.45) is 5.92 Å². The number of aliphatic carboxylic acids is 2. The van der Waals surface area contributed by atoms with Gasteiger partial charge in [0, 0.05) is 6.42 Å². The molecule has 0 radical (unpaired) electrons. The number of carbonyl (C=O) groups is 2. The second-order valence-corrected chi connectivity index (χ2v) is 2.67. The lowest BCUT2D eigenvalue weighted by Crippen LogP contribution is -2.90. The topological polar surface area (TPSA) is 94.0 Å². The highest BCUT2D eigenvalue weighted by Crippen LogP contribution is 2.07. The molecule has 0 aromatic carbocycles. The fraction of sp³-hybridized carbons (Fsp3) is 0.667. The first-order chi connectivity index (χ1) is 5.11. The second-order valence-electron chi connectivity index (χ2n) is 2.67. The standard InChI is InChI=1S/C6H9NO4/c8-5(9)3-1-4(6(10)11)7-2-3/h3-4,7H,1-2H2,(H,8,9)(H,10,11)/t3-,4+/m0/s1. The average Bonchev–Trinajstić information content (AvgIpc) is 2.33. The Morgan fingerprint density at radius 3 is 2.45 bits per heavy atom. The van der Waals surface area contributed by atoms with Crippen LogP contribution in [-0.4, -0.2) is 29.6 Å². The fourth-order valence-corrected chi connectivity index (χ4v) is 1.22. The lowest BCUT2D eigenvalue weighted by molar-refractivity contribution is -0.665. The molecule has 0 aliphatic carbocycles. The molecule has 62 valence electrons. The number of nitrogens with two attached hydrogens (primary N) is 1. The van der Waals surface area contributed by atoms with E-state index in [1.54, 1.807) is 0 Å². The zero-order valence-corrected chi connectivity index (χ0v) is 5.82. The Morgan fingerprint density at radius 1 is 1.55 bits per heavy atom. The Balaban J connectivity index is 2.47. The zero-order valence-electron chi connectivity index (χ0n) is 5.82. The van der Waals surface area contributed by atoms with Crippen LogP contribution in [0, 0.1) is 5.92 Å². The minimum absolute atomic E-state index is 0.178. The van der Waals surface area contributed by atoms with Gasteiger partial charge in [-0.05, 0) is 0 Å². The summed E-state index contributed by atoms with van der Waals surface area (Å²) in [6, 6.07) is -0.670. The van der Waals surface area contributed by atoms with Crippen LogP contribution in [0.15, 0.2) is 0 Å². The Kier molecular flexibility index (Phi) is 2.09. The van der Waals surface area contributed by atoms with Gasteiger partial charge in [0.2, 0.25) is 0 Å². The summed E-state index contributed by atoms with van der Waals surface area (Å²) >= 11 is 0. The van der Waals surface area contributed by atoms with Gasteiger partial charge in [-0.2, -0.15) is 0 Å². The lowest BCUT2D eigenvalue weighted by Gasteiger charge is -2.05. The summed E-state index contributed by atoms with van der Waals surface area (Å²) in [5.74, 6) is -2.63. The molecular weight excluding hydrogens is 150 g/mol. The number of rotatable bonds is 2. The van der Waals surface area contributed by atoms with Gasteiger partial charge in [0.15, 0.2) is 0 Å². The summed E-state index contributed by atoms with van der Waals surface area (Å²) < 4.78 is 0. The zero-order chi connectivity index (χ0) is 8.43. The molecule has 0 aromatic heterocycles. The quantitative estimate of drug-likeness (QED) is 0.443. The summed E-state index contributed by atoms with van der Waals surface area (Å²) in [6.07, 6.45) is 0.178. The van der Waals surface area contributed by atoms with Crippen LogP contribution in [0.25, 0.3) is 0 Å². The van der Waals surface area contributed by atoms with Gasteiger partial charge in [0.1, 0.15) is 12.0 Å². The molecule has 0 spiro atoms. The third kappa shape index (κ3) is 1.68. The molecule has 0 saturated carbocycles. The van der Waals surface area contributed by atoms with Crippen LogP contribution in [0.3, 0.4) is 0 Å². The summed E-state index contributed by atoms with van der Waals surface area (Å²) in [7, 11) is 0. The van der Waals surface area contributed by atoms with Crippen molar-refractivity contribution >= 4 is 11.9 Å². The van der Waals surface area contributed by atoms with Crippen molar-refractivity contribution < 1.29 is 25.1 Å². The van der Waals surface area contributed by atoms with Crippen LogP contribution in [0.2, 0.25) is 0 Å². The molecule has 3 N–H and O–H groups in total. The van der Waals surface area contributed by atoms with Gasteiger partial charge in [-0.25, -0.2) is 0 Å². The molecule has 0 amide bonds. The van der Waals surface area contributed by atoms with Crippen molar-refractivity contribution in [3.8, 4) is 0 Å². The van der Waals surface area contributed by atoms with Crippen molar-refractivity contribution in [3.05, 3.63) is 0 Å². The van der Waals surface area contributed by atoms with Crippen LogP contribution in [0.1, 0.15) is 6.42 Å². The van der Waals surface area contributed by atoms with Crippen molar-refractivity contribution in [3.63, 3.8) is 0 Å². The molecule has 1 rings (SSSR count). The first-order valence-corrected chi connectivity index (χ1v) is 3.38. The SMILES string of the molecule is O=C(O)[C@@H]1C[NH2+][C@@H](C(=O)[O-])C1. The molecule has 1 saturated heterocycles. The molecule has 5 heteroatoms. The maximum absolute atomic E-state index is 10.3. The van der Waals surface area contributed by atoms with Gasteiger partial charge in [-0.1, -0.05) is 0 Å². The van der Waals surface area contributed by atoms with Gasteiger partial charge in [0.25, 0.3) is 0 Å². The fourth-order valence-electron chi connectivity index (χ4n) is 1.22. The van der Waals surface area contributed by atoms with E-state index in [1.165, 1.54) is 5.32 Å².